The van der Waals surface area contributed by atoms with Gasteiger partial charge in [-0.3, -0.25) is 5.21 Å². The molecule has 4 heteroatoms. The first-order chi connectivity index (χ1) is 14.7. The fourth-order valence-corrected chi connectivity index (χ4v) is 5.06. The minimum absolute atomic E-state index is 0.00782. The van der Waals surface area contributed by atoms with Gasteiger partial charge in [0.15, 0.2) is 6.29 Å². The van der Waals surface area contributed by atoms with E-state index in [2.05, 4.69) is 43.0 Å². The highest BCUT2D eigenvalue weighted by molar-refractivity contribution is 5.85. The molecule has 0 aromatic heterocycles. The van der Waals surface area contributed by atoms with Gasteiger partial charge in [0.05, 0.1) is 12.0 Å². The van der Waals surface area contributed by atoms with Gasteiger partial charge in [0, 0.05) is 23.7 Å². The predicted molar refractivity (Wildman–Crippen MR) is 119 cm³/mol. The van der Waals surface area contributed by atoms with Crippen LogP contribution in [0.4, 0.5) is 0 Å². The zero-order chi connectivity index (χ0) is 20.9. The van der Waals surface area contributed by atoms with E-state index in [1.807, 2.05) is 37.3 Å². The van der Waals surface area contributed by atoms with Crippen LogP contribution in [-0.4, -0.2) is 23.0 Å². The highest BCUT2D eigenvalue weighted by Gasteiger charge is 2.43. The van der Waals surface area contributed by atoms with Gasteiger partial charge < -0.3 is 9.57 Å². The molecule has 1 fully saturated rings. The molecule has 4 rings (SSSR count). The van der Waals surface area contributed by atoms with Crippen molar-refractivity contribution in [3.63, 3.8) is 0 Å². The van der Waals surface area contributed by atoms with Gasteiger partial charge in [0.2, 0.25) is 5.71 Å². The number of hydrogen-bond donors (Lipinski definition) is 0. The van der Waals surface area contributed by atoms with E-state index in [4.69, 9.17) is 9.57 Å². The summed E-state index contributed by atoms with van der Waals surface area (Å²) in [6, 6.07) is 20.8. The van der Waals surface area contributed by atoms with Crippen molar-refractivity contribution in [2.24, 2.45) is 5.92 Å². The standard InChI is InChI=1S/C26H31NO3/c1-3-12-23-25(21-15-8-5-9-16-21)19(2)27(28)30-26(23)29-24-18-11-10-17-22(24)20-13-6-4-7-14-20/h3-9,13-16,22-26H,1,10-12,17-18H2,2H3/t22-,23+,24+,25+,26-/m0/s1. The molecule has 1 aliphatic carbocycles. The van der Waals surface area contributed by atoms with Gasteiger partial charge in [0.1, 0.15) is 0 Å². The van der Waals surface area contributed by atoms with Crippen LogP contribution in [0.25, 0.3) is 0 Å². The molecular weight excluding hydrogens is 374 g/mol. The number of allylic oxidation sites excluding steroid dienone is 1. The average Bonchev–Trinajstić information content (AvgIpc) is 2.79. The fourth-order valence-electron chi connectivity index (χ4n) is 5.06. The van der Waals surface area contributed by atoms with Crippen molar-refractivity contribution in [3.05, 3.63) is 89.7 Å². The number of nitrogens with zero attached hydrogens (tertiary/aromatic N) is 1. The summed E-state index contributed by atoms with van der Waals surface area (Å²) in [5, 5.41) is 12.7. The first kappa shape index (κ1) is 20.7. The minimum Gasteiger partial charge on any atom is -0.372 e. The van der Waals surface area contributed by atoms with Gasteiger partial charge in [-0.2, -0.15) is 0 Å². The van der Waals surface area contributed by atoms with Crippen molar-refractivity contribution < 1.29 is 14.5 Å². The fraction of sp³-hybridized carbons (Fsp3) is 0.423. The van der Waals surface area contributed by atoms with Gasteiger partial charge in [-0.15, -0.1) is 6.58 Å². The maximum Gasteiger partial charge on any atom is 0.226 e. The Morgan fingerprint density at radius 2 is 1.67 bits per heavy atom. The molecule has 0 amide bonds. The number of ether oxygens (including phenoxy) is 1. The minimum atomic E-state index is -0.594. The third-order valence-electron chi connectivity index (χ3n) is 6.55. The predicted octanol–water partition coefficient (Wildman–Crippen LogP) is 5.95. The second-order valence-electron chi connectivity index (χ2n) is 8.43. The van der Waals surface area contributed by atoms with Crippen LogP contribution < -0.4 is 0 Å². The highest BCUT2D eigenvalue weighted by Crippen LogP contribution is 2.41. The monoisotopic (exact) mass is 405 g/mol. The average molecular weight is 406 g/mol. The SMILES string of the molecule is C=CC[C@H]1[C@@H](O[C@@H]2CCCC[C@H]2c2ccccc2)O[N+]([O-])=C(C)[C@@H]1c1ccccc1. The lowest BCUT2D eigenvalue weighted by molar-refractivity contribution is -0.776. The van der Waals surface area contributed by atoms with Crippen molar-refractivity contribution in [1.82, 2.24) is 0 Å². The second kappa shape index (κ2) is 9.48. The van der Waals surface area contributed by atoms with E-state index in [-0.39, 0.29) is 17.9 Å². The topological polar surface area (TPSA) is 44.5 Å². The summed E-state index contributed by atoms with van der Waals surface area (Å²) in [4.78, 5) is 6.44. The Bertz CT molecular complexity index is 864. The maximum atomic E-state index is 12.7. The van der Waals surface area contributed by atoms with E-state index in [1.54, 1.807) is 0 Å². The van der Waals surface area contributed by atoms with E-state index in [1.165, 1.54) is 12.0 Å². The summed E-state index contributed by atoms with van der Waals surface area (Å²) in [6.07, 6.45) is 6.50. The normalized spacial score (nSPS) is 29.3. The largest absolute Gasteiger partial charge is 0.372 e. The zero-order valence-electron chi connectivity index (χ0n) is 17.7. The van der Waals surface area contributed by atoms with Crippen molar-refractivity contribution in [2.45, 2.75) is 63.3 Å². The molecule has 1 aliphatic heterocycles. The smallest absolute Gasteiger partial charge is 0.226 e. The molecule has 0 unspecified atom stereocenters. The van der Waals surface area contributed by atoms with Crippen molar-refractivity contribution >= 4 is 5.71 Å². The van der Waals surface area contributed by atoms with Crippen LogP contribution in [0.2, 0.25) is 0 Å². The zero-order valence-corrected chi connectivity index (χ0v) is 17.7. The van der Waals surface area contributed by atoms with E-state index in [0.29, 0.717) is 16.5 Å². The van der Waals surface area contributed by atoms with Crippen LogP contribution in [0.15, 0.2) is 73.3 Å². The Morgan fingerprint density at radius 1 is 1.03 bits per heavy atom. The molecule has 2 aliphatic rings. The molecule has 2 aromatic carbocycles. The summed E-state index contributed by atoms with van der Waals surface area (Å²) < 4.78 is 6.61. The van der Waals surface area contributed by atoms with Crippen molar-refractivity contribution in [2.75, 3.05) is 0 Å². The van der Waals surface area contributed by atoms with Gasteiger partial charge in [-0.25, -0.2) is 0 Å². The molecule has 5 atom stereocenters. The Morgan fingerprint density at radius 3 is 2.33 bits per heavy atom. The van der Waals surface area contributed by atoms with E-state index >= 15 is 0 Å². The molecule has 1 saturated carbocycles. The molecule has 0 N–H and O–H groups in total. The number of hydrogen-bond acceptors (Lipinski definition) is 3. The van der Waals surface area contributed by atoms with E-state index < -0.39 is 6.29 Å². The molecule has 2 aromatic rings. The van der Waals surface area contributed by atoms with Crippen LogP contribution in [-0.2, 0) is 9.57 Å². The van der Waals surface area contributed by atoms with Crippen LogP contribution >= 0.6 is 0 Å². The quantitative estimate of drug-likeness (QED) is 0.441. The first-order valence-electron chi connectivity index (χ1n) is 11.0. The Hall–Kier alpha value is -2.59. The van der Waals surface area contributed by atoms with Gasteiger partial charge in [0.25, 0.3) is 0 Å². The molecule has 0 radical (unpaired) electrons. The molecule has 0 saturated heterocycles. The Labute approximate surface area is 179 Å². The van der Waals surface area contributed by atoms with E-state index in [9.17, 15) is 5.21 Å². The first-order valence-corrected chi connectivity index (χ1v) is 11.0. The number of benzene rings is 2. The van der Waals surface area contributed by atoms with Crippen LogP contribution in [0.3, 0.4) is 0 Å². The summed E-state index contributed by atoms with van der Waals surface area (Å²) in [5.41, 5.74) is 3.08. The third kappa shape index (κ3) is 4.29. The van der Waals surface area contributed by atoms with Gasteiger partial charge >= 0.3 is 0 Å². The summed E-state index contributed by atoms with van der Waals surface area (Å²) in [7, 11) is 0. The third-order valence-corrected chi connectivity index (χ3v) is 6.55. The van der Waals surface area contributed by atoms with Gasteiger partial charge in [-0.1, -0.05) is 79.6 Å². The lowest BCUT2D eigenvalue weighted by Gasteiger charge is -2.41. The van der Waals surface area contributed by atoms with Crippen molar-refractivity contribution in [3.8, 4) is 0 Å². The van der Waals surface area contributed by atoms with Gasteiger partial charge in [-0.05, 0) is 30.4 Å². The summed E-state index contributed by atoms with van der Waals surface area (Å²) in [6.45, 7) is 5.81. The molecule has 0 spiro atoms. The number of rotatable bonds is 6. The van der Waals surface area contributed by atoms with Crippen LogP contribution in [0.1, 0.15) is 62.0 Å². The van der Waals surface area contributed by atoms with Crippen LogP contribution in [0, 0.1) is 11.1 Å². The highest BCUT2D eigenvalue weighted by atomic mass is 16.9. The molecule has 4 nitrogen and oxygen atoms in total. The lowest BCUT2D eigenvalue weighted by Crippen LogP contribution is -2.46. The summed E-state index contributed by atoms with van der Waals surface area (Å²) >= 11 is 0. The summed E-state index contributed by atoms with van der Waals surface area (Å²) in [5.74, 6) is 0.280. The second-order valence-corrected chi connectivity index (χ2v) is 8.43. The van der Waals surface area contributed by atoms with E-state index in [0.717, 1.165) is 31.2 Å². The van der Waals surface area contributed by atoms with Crippen LogP contribution in [0.5, 0.6) is 0 Å². The molecular formula is C26H31NO3. The Balaban J connectivity index is 1.62. The lowest BCUT2D eigenvalue weighted by atomic mass is 9.79. The molecule has 0 bridgehead atoms. The molecule has 1 heterocycles. The molecule has 158 valence electrons. The Kier molecular flexibility index (Phi) is 6.53. The molecule has 30 heavy (non-hydrogen) atoms. The van der Waals surface area contributed by atoms with Crippen molar-refractivity contribution in [1.29, 1.82) is 0 Å². The maximum absolute atomic E-state index is 12.7.